The summed E-state index contributed by atoms with van der Waals surface area (Å²) < 4.78 is 26.2. The van der Waals surface area contributed by atoms with Gasteiger partial charge in [-0.15, -0.1) is 0 Å². The van der Waals surface area contributed by atoms with E-state index in [0.29, 0.717) is 0 Å². The molecule has 0 aliphatic heterocycles. The van der Waals surface area contributed by atoms with E-state index in [9.17, 15) is 13.2 Å². The summed E-state index contributed by atoms with van der Waals surface area (Å²) in [5, 5.41) is 8.78. The van der Waals surface area contributed by atoms with E-state index in [2.05, 4.69) is 0 Å². The van der Waals surface area contributed by atoms with Gasteiger partial charge < -0.3 is 11.5 Å². The molecular formula is C13H18N4O3S. The molecular weight excluding hydrogens is 292 g/mol. The number of hydrogen-bond acceptors (Lipinski definition) is 5. The van der Waals surface area contributed by atoms with Crippen LogP contribution >= 0.6 is 0 Å². The molecule has 1 aromatic rings. The molecule has 7 nitrogen and oxygen atoms in total. The maximum Gasteiger partial charge on any atom is 0.245 e. The summed E-state index contributed by atoms with van der Waals surface area (Å²) in [6.07, 6.45) is 0. The summed E-state index contributed by atoms with van der Waals surface area (Å²) in [6, 6.07) is 5.78. The van der Waals surface area contributed by atoms with Gasteiger partial charge in [0.2, 0.25) is 15.9 Å². The summed E-state index contributed by atoms with van der Waals surface area (Å²) in [4.78, 5) is 11.0. The number of carbonyl (C=O) groups excluding carboxylic acids is 1. The average molecular weight is 310 g/mol. The highest BCUT2D eigenvalue weighted by atomic mass is 32.2. The van der Waals surface area contributed by atoms with E-state index in [1.165, 1.54) is 18.2 Å². The second-order valence-electron chi connectivity index (χ2n) is 5.02. The lowest BCUT2D eigenvalue weighted by atomic mass is 10.2. The van der Waals surface area contributed by atoms with Gasteiger partial charge in [-0.25, -0.2) is 8.42 Å². The zero-order valence-corrected chi connectivity index (χ0v) is 12.7. The van der Waals surface area contributed by atoms with Crippen molar-refractivity contribution in [3.8, 4) is 6.07 Å². The second kappa shape index (κ2) is 6.56. The van der Waals surface area contributed by atoms with Crippen LogP contribution < -0.4 is 11.5 Å². The minimum absolute atomic E-state index is 0.0127. The summed E-state index contributed by atoms with van der Waals surface area (Å²) in [5.41, 5.74) is 11.0. The quantitative estimate of drug-likeness (QED) is 0.728. The fourth-order valence-electron chi connectivity index (χ4n) is 1.82. The van der Waals surface area contributed by atoms with Gasteiger partial charge >= 0.3 is 0 Å². The monoisotopic (exact) mass is 310 g/mol. The number of nitrogens with zero attached hydrogens (tertiary/aromatic N) is 2. The van der Waals surface area contributed by atoms with Gasteiger partial charge in [0.25, 0.3) is 0 Å². The van der Waals surface area contributed by atoms with Crippen LogP contribution in [0.5, 0.6) is 0 Å². The van der Waals surface area contributed by atoms with Crippen LogP contribution in [0.4, 0.5) is 5.69 Å². The van der Waals surface area contributed by atoms with E-state index in [-0.39, 0.29) is 28.6 Å². The van der Waals surface area contributed by atoms with Crippen molar-refractivity contribution < 1.29 is 13.2 Å². The van der Waals surface area contributed by atoms with Gasteiger partial charge in [0.05, 0.1) is 23.9 Å². The van der Waals surface area contributed by atoms with Gasteiger partial charge in [0.1, 0.15) is 4.90 Å². The lowest BCUT2D eigenvalue weighted by Crippen LogP contribution is -2.40. The number of carbonyl (C=O) groups is 1. The molecule has 0 bridgehead atoms. The maximum absolute atomic E-state index is 12.6. The molecule has 1 rings (SSSR count). The standard InChI is InChI=1S/C13H18N4O3S/c1-9(2)7-17(8-13(16)18)21(19,20)12-4-3-10(6-14)5-11(12)15/h3-5,9H,7-8,15H2,1-2H3,(H2,16,18). The number of sulfonamides is 1. The van der Waals surface area contributed by atoms with Crippen molar-refractivity contribution in [2.75, 3.05) is 18.8 Å². The van der Waals surface area contributed by atoms with Gasteiger partial charge in [0, 0.05) is 6.54 Å². The largest absolute Gasteiger partial charge is 0.398 e. The maximum atomic E-state index is 12.6. The number of anilines is 1. The van der Waals surface area contributed by atoms with Gasteiger partial charge in [-0.1, -0.05) is 13.8 Å². The SMILES string of the molecule is CC(C)CN(CC(N)=O)S(=O)(=O)c1ccc(C#N)cc1N. The predicted octanol–water partition coefficient (Wildman–Crippen LogP) is 0.272. The van der Waals surface area contributed by atoms with E-state index in [1.807, 2.05) is 19.9 Å². The Kier molecular flexibility index (Phi) is 5.29. The Bertz CT molecular complexity index is 677. The zero-order valence-electron chi connectivity index (χ0n) is 11.9. The Morgan fingerprint density at radius 1 is 1.43 bits per heavy atom. The summed E-state index contributed by atoms with van der Waals surface area (Å²) >= 11 is 0. The van der Waals surface area contributed by atoms with Crippen LogP contribution in [0.3, 0.4) is 0 Å². The molecule has 0 unspecified atom stereocenters. The number of nitrogens with two attached hydrogens (primary N) is 2. The summed E-state index contributed by atoms with van der Waals surface area (Å²) in [6.45, 7) is 3.38. The fraction of sp³-hybridized carbons (Fsp3) is 0.385. The van der Waals surface area contributed by atoms with Crippen molar-refractivity contribution in [2.45, 2.75) is 18.7 Å². The first kappa shape index (κ1) is 16.9. The highest BCUT2D eigenvalue weighted by molar-refractivity contribution is 7.89. The molecule has 21 heavy (non-hydrogen) atoms. The lowest BCUT2D eigenvalue weighted by molar-refractivity contribution is -0.118. The molecule has 0 radical (unpaired) electrons. The molecule has 8 heteroatoms. The van der Waals surface area contributed by atoms with E-state index < -0.39 is 22.5 Å². The number of rotatable bonds is 6. The molecule has 0 aliphatic rings. The van der Waals surface area contributed by atoms with E-state index >= 15 is 0 Å². The Balaban J connectivity index is 3.28. The molecule has 1 amide bonds. The first-order chi connectivity index (χ1) is 9.68. The highest BCUT2D eigenvalue weighted by Gasteiger charge is 2.28. The highest BCUT2D eigenvalue weighted by Crippen LogP contribution is 2.24. The molecule has 0 aromatic heterocycles. The molecule has 0 heterocycles. The van der Waals surface area contributed by atoms with Crippen LogP contribution in [0, 0.1) is 17.2 Å². The van der Waals surface area contributed by atoms with Gasteiger partial charge in [0.15, 0.2) is 0 Å². The van der Waals surface area contributed by atoms with Gasteiger partial charge in [-0.05, 0) is 24.1 Å². The van der Waals surface area contributed by atoms with Crippen molar-refractivity contribution in [1.29, 1.82) is 5.26 Å². The second-order valence-corrected chi connectivity index (χ2v) is 6.93. The number of nitriles is 1. The molecule has 0 saturated carbocycles. The first-order valence-electron chi connectivity index (χ1n) is 6.26. The van der Waals surface area contributed by atoms with Crippen molar-refractivity contribution >= 4 is 21.6 Å². The Morgan fingerprint density at radius 3 is 2.48 bits per heavy atom. The van der Waals surface area contributed by atoms with E-state index in [1.54, 1.807) is 0 Å². The minimum Gasteiger partial charge on any atom is -0.398 e. The van der Waals surface area contributed by atoms with E-state index in [4.69, 9.17) is 16.7 Å². The summed E-state index contributed by atoms with van der Waals surface area (Å²) in [5.74, 6) is -0.731. The van der Waals surface area contributed by atoms with Crippen molar-refractivity contribution in [2.24, 2.45) is 11.7 Å². The number of primary amides is 1. The average Bonchev–Trinajstić information content (AvgIpc) is 2.36. The molecule has 114 valence electrons. The van der Waals surface area contributed by atoms with Crippen LogP contribution in [0.2, 0.25) is 0 Å². The van der Waals surface area contributed by atoms with Crippen LogP contribution in [0.15, 0.2) is 23.1 Å². The molecule has 0 saturated heterocycles. The molecule has 1 aromatic carbocycles. The zero-order chi connectivity index (χ0) is 16.2. The third kappa shape index (κ3) is 4.18. The predicted molar refractivity (Wildman–Crippen MR) is 78.4 cm³/mol. The van der Waals surface area contributed by atoms with Crippen LogP contribution in [0.25, 0.3) is 0 Å². The molecule has 0 aliphatic carbocycles. The third-order valence-corrected chi connectivity index (χ3v) is 4.54. The molecule has 0 fully saturated rings. The van der Waals surface area contributed by atoms with Crippen LogP contribution in [-0.2, 0) is 14.8 Å². The van der Waals surface area contributed by atoms with E-state index in [0.717, 1.165) is 4.31 Å². The first-order valence-corrected chi connectivity index (χ1v) is 7.70. The summed E-state index contributed by atoms with van der Waals surface area (Å²) in [7, 11) is -3.95. The van der Waals surface area contributed by atoms with Crippen molar-refractivity contribution in [1.82, 2.24) is 4.31 Å². The van der Waals surface area contributed by atoms with Gasteiger partial charge in [-0.2, -0.15) is 9.57 Å². The number of amides is 1. The Hall–Kier alpha value is -2.11. The normalized spacial score (nSPS) is 11.6. The van der Waals surface area contributed by atoms with Crippen LogP contribution in [0.1, 0.15) is 19.4 Å². The third-order valence-electron chi connectivity index (χ3n) is 2.66. The lowest BCUT2D eigenvalue weighted by Gasteiger charge is -2.23. The van der Waals surface area contributed by atoms with Crippen LogP contribution in [-0.4, -0.2) is 31.7 Å². The number of hydrogen-bond donors (Lipinski definition) is 2. The number of nitrogen functional groups attached to an aromatic ring is 1. The molecule has 0 atom stereocenters. The van der Waals surface area contributed by atoms with Crippen molar-refractivity contribution in [3.05, 3.63) is 23.8 Å². The fourth-order valence-corrected chi connectivity index (χ4v) is 3.49. The molecule has 0 spiro atoms. The molecule has 4 N–H and O–H groups in total. The minimum atomic E-state index is -3.95. The number of benzene rings is 1. The van der Waals surface area contributed by atoms with Gasteiger partial charge in [-0.3, -0.25) is 4.79 Å². The van der Waals surface area contributed by atoms with Crippen molar-refractivity contribution in [3.63, 3.8) is 0 Å². The Labute approximate surface area is 124 Å². The topological polar surface area (TPSA) is 130 Å². The smallest absolute Gasteiger partial charge is 0.245 e. The Morgan fingerprint density at radius 2 is 2.05 bits per heavy atom.